The van der Waals surface area contributed by atoms with Crippen LogP contribution in [0.5, 0.6) is 0 Å². The lowest BCUT2D eigenvalue weighted by atomic mass is 10.3. The molecule has 1 heterocycles. The lowest BCUT2D eigenvalue weighted by molar-refractivity contribution is 0.667. The molecule has 0 saturated carbocycles. The third-order valence-corrected chi connectivity index (χ3v) is 3.91. The van der Waals surface area contributed by atoms with Crippen LogP contribution in [0.4, 0.5) is 10.8 Å². The predicted molar refractivity (Wildman–Crippen MR) is 86.4 cm³/mol. The molecule has 0 spiro atoms. The molecule has 0 atom stereocenters. The van der Waals surface area contributed by atoms with Crippen LogP contribution in [0, 0.1) is 0 Å². The van der Waals surface area contributed by atoms with E-state index in [4.69, 9.17) is 0 Å². The molecule has 0 saturated heterocycles. The predicted octanol–water partition coefficient (Wildman–Crippen LogP) is 4.19. The molecule has 2 N–H and O–H groups in total. The summed E-state index contributed by atoms with van der Waals surface area (Å²) in [6.07, 6.45) is 2.16. The zero-order valence-corrected chi connectivity index (χ0v) is 13.4. The number of benzene rings is 1. The quantitative estimate of drug-likeness (QED) is 0.742. The highest BCUT2D eigenvalue weighted by atomic mass is 79.9. The number of nitrogens with zero attached hydrogens (tertiary/aromatic N) is 1. The van der Waals surface area contributed by atoms with Crippen molar-refractivity contribution in [1.29, 1.82) is 0 Å². The summed E-state index contributed by atoms with van der Waals surface area (Å²) in [6, 6.07) is 8.10. The van der Waals surface area contributed by atoms with Crippen LogP contribution in [-0.2, 0) is 6.42 Å². The van der Waals surface area contributed by atoms with E-state index in [0.717, 1.165) is 40.5 Å². The van der Waals surface area contributed by atoms with Crippen molar-refractivity contribution in [3.63, 3.8) is 0 Å². The second-order valence-corrected chi connectivity index (χ2v) is 6.05. The molecule has 0 bridgehead atoms. The van der Waals surface area contributed by atoms with Gasteiger partial charge in [0.1, 0.15) is 0 Å². The standard InChI is InChI=1S/C14H18BrN3S/c1-2-7-16-8-6-13-10-19-14(18-13)17-12-5-3-4-11(15)9-12/h3-5,9-10,16H,2,6-8H2,1H3,(H,17,18). The minimum atomic E-state index is 0.948. The van der Waals surface area contributed by atoms with Crippen LogP contribution in [0.2, 0.25) is 0 Å². The maximum Gasteiger partial charge on any atom is 0.187 e. The summed E-state index contributed by atoms with van der Waals surface area (Å²) in [4.78, 5) is 4.58. The van der Waals surface area contributed by atoms with Gasteiger partial charge in [-0.2, -0.15) is 0 Å². The lowest BCUT2D eigenvalue weighted by Gasteiger charge is -2.02. The van der Waals surface area contributed by atoms with Gasteiger partial charge < -0.3 is 10.6 Å². The largest absolute Gasteiger partial charge is 0.332 e. The van der Waals surface area contributed by atoms with E-state index in [0.29, 0.717) is 0 Å². The van der Waals surface area contributed by atoms with Gasteiger partial charge in [-0.3, -0.25) is 0 Å². The first-order valence-electron chi connectivity index (χ1n) is 6.45. The van der Waals surface area contributed by atoms with Crippen molar-refractivity contribution in [1.82, 2.24) is 10.3 Å². The molecule has 3 nitrogen and oxygen atoms in total. The molecule has 0 aliphatic carbocycles. The van der Waals surface area contributed by atoms with Gasteiger partial charge in [-0.25, -0.2) is 4.98 Å². The Morgan fingerprint density at radius 3 is 3.00 bits per heavy atom. The molecule has 1 aromatic carbocycles. The summed E-state index contributed by atoms with van der Waals surface area (Å²) in [5.74, 6) is 0. The van der Waals surface area contributed by atoms with Crippen molar-refractivity contribution in [2.75, 3.05) is 18.4 Å². The molecule has 0 aliphatic heterocycles. The van der Waals surface area contributed by atoms with Crippen LogP contribution < -0.4 is 10.6 Å². The van der Waals surface area contributed by atoms with Crippen LogP contribution in [0.25, 0.3) is 0 Å². The van der Waals surface area contributed by atoms with Crippen molar-refractivity contribution in [2.45, 2.75) is 19.8 Å². The SMILES string of the molecule is CCCNCCc1csc(Nc2cccc(Br)c2)n1. The summed E-state index contributed by atoms with van der Waals surface area (Å²) >= 11 is 5.11. The number of hydrogen-bond donors (Lipinski definition) is 2. The number of thiazole rings is 1. The third-order valence-electron chi connectivity index (χ3n) is 2.61. The van der Waals surface area contributed by atoms with Crippen LogP contribution >= 0.6 is 27.3 Å². The van der Waals surface area contributed by atoms with Gasteiger partial charge in [-0.15, -0.1) is 11.3 Å². The topological polar surface area (TPSA) is 37.0 Å². The van der Waals surface area contributed by atoms with Gasteiger partial charge >= 0.3 is 0 Å². The number of anilines is 2. The minimum Gasteiger partial charge on any atom is -0.332 e. The van der Waals surface area contributed by atoms with Gasteiger partial charge in [0.25, 0.3) is 0 Å². The number of aromatic nitrogens is 1. The van der Waals surface area contributed by atoms with E-state index in [2.05, 4.69) is 43.9 Å². The molecule has 0 aliphatic rings. The number of hydrogen-bond acceptors (Lipinski definition) is 4. The van der Waals surface area contributed by atoms with Crippen LogP contribution in [-0.4, -0.2) is 18.1 Å². The van der Waals surface area contributed by atoms with E-state index in [-0.39, 0.29) is 0 Å². The highest BCUT2D eigenvalue weighted by Gasteiger charge is 2.02. The normalized spacial score (nSPS) is 10.6. The maximum absolute atomic E-state index is 4.58. The minimum absolute atomic E-state index is 0.948. The van der Waals surface area contributed by atoms with Gasteiger partial charge in [-0.1, -0.05) is 28.9 Å². The molecule has 0 radical (unpaired) electrons. The van der Waals surface area contributed by atoms with E-state index < -0.39 is 0 Å². The summed E-state index contributed by atoms with van der Waals surface area (Å²) < 4.78 is 1.07. The fraction of sp³-hybridized carbons (Fsp3) is 0.357. The molecular formula is C14H18BrN3S. The van der Waals surface area contributed by atoms with Gasteiger partial charge in [0, 0.05) is 28.5 Å². The second-order valence-electron chi connectivity index (χ2n) is 4.28. The molecule has 0 unspecified atom stereocenters. The molecule has 1 aromatic heterocycles. The van der Waals surface area contributed by atoms with Gasteiger partial charge in [0.2, 0.25) is 0 Å². The molecule has 0 fully saturated rings. The van der Waals surface area contributed by atoms with Crippen LogP contribution in [0.3, 0.4) is 0 Å². The smallest absolute Gasteiger partial charge is 0.187 e. The van der Waals surface area contributed by atoms with E-state index >= 15 is 0 Å². The van der Waals surface area contributed by atoms with Gasteiger partial charge in [0.05, 0.1) is 5.69 Å². The van der Waals surface area contributed by atoms with Crippen LogP contribution in [0.1, 0.15) is 19.0 Å². The van der Waals surface area contributed by atoms with E-state index in [1.54, 1.807) is 11.3 Å². The summed E-state index contributed by atoms with van der Waals surface area (Å²) in [5.41, 5.74) is 2.20. The van der Waals surface area contributed by atoms with Crippen molar-refractivity contribution in [3.8, 4) is 0 Å². The van der Waals surface area contributed by atoms with Crippen molar-refractivity contribution in [2.24, 2.45) is 0 Å². The van der Waals surface area contributed by atoms with Crippen molar-refractivity contribution < 1.29 is 0 Å². The average molecular weight is 340 g/mol. The highest BCUT2D eigenvalue weighted by Crippen LogP contribution is 2.23. The Kier molecular flexibility index (Phi) is 5.82. The van der Waals surface area contributed by atoms with Crippen LogP contribution in [0.15, 0.2) is 34.1 Å². The Morgan fingerprint density at radius 1 is 1.32 bits per heavy atom. The Balaban J connectivity index is 1.87. The zero-order chi connectivity index (χ0) is 13.5. The summed E-state index contributed by atoms with van der Waals surface area (Å²) in [6.45, 7) is 4.25. The third kappa shape index (κ3) is 4.93. The molecule has 0 amide bonds. The Bertz CT molecular complexity index is 513. The van der Waals surface area contributed by atoms with Gasteiger partial charge in [0.15, 0.2) is 5.13 Å². The van der Waals surface area contributed by atoms with Gasteiger partial charge in [-0.05, 0) is 31.2 Å². The van der Waals surface area contributed by atoms with E-state index in [1.165, 1.54) is 6.42 Å². The first-order chi connectivity index (χ1) is 9.28. The Labute approximate surface area is 126 Å². The molecular weight excluding hydrogens is 322 g/mol. The van der Waals surface area contributed by atoms with E-state index in [9.17, 15) is 0 Å². The summed E-state index contributed by atoms with van der Waals surface area (Å²) in [5, 5.41) is 9.78. The Hall–Kier alpha value is -0.910. The molecule has 2 aromatic rings. The first-order valence-corrected chi connectivity index (χ1v) is 8.13. The Morgan fingerprint density at radius 2 is 2.21 bits per heavy atom. The lowest BCUT2D eigenvalue weighted by Crippen LogP contribution is -2.17. The molecule has 19 heavy (non-hydrogen) atoms. The molecule has 2 rings (SSSR count). The fourth-order valence-electron chi connectivity index (χ4n) is 1.69. The molecule has 102 valence electrons. The highest BCUT2D eigenvalue weighted by molar-refractivity contribution is 9.10. The number of nitrogens with one attached hydrogen (secondary N) is 2. The maximum atomic E-state index is 4.58. The monoisotopic (exact) mass is 339 g/mol. The van der Waals surface area contributed by atoms with Crippen molar-refractivity contribution >= 4 is 38.1 Å². The second kappa shape index (κ2) is 7.62. The first kappa shape index (κ1) is 14.5. The zero-order valence-electron chi connectivity index (χ0n) is 10.9. The molecule has 5 heteroatoms. The number of rotatable bonds is 7. The average Bonchev–Trinajstić information content (AvgIpc) is 2.82. The summed E-state index contributed by atoms with van der Waals surface area (Å²) in [7, 11) is 0. The number of halogens is 1. The fourth-order valence-corrected chi connectivity index (χ4v) is 2.85. The van der Waals surface area contributed by atoms with E-state index in [1.807, 2.05) is 24.3 Å². The van der Waals surface area contributed by atoms with Crippen molar-refractivity contribution in [3.05, 3.63) is 39.8 Å².